The van der Waals surface area contributed by atoms with Crippen LogP contribution in [0, 0.1) is 19.7 Å². The molecule has 0 atom stereocenters. The summed E-state index contributed by atoms with van der Waals surface area (Å²) in [6.45, 7) is 7.03. The number of aryl methyl sites for hydroxylation is 3. The van der Waals surface area contributed by atoms with Crippen LogP contribution in [0.25, 0.3) is 10.9 Å². The third-order valence-electron chi connectivity index (χ3n) is 4.98. The molecule has 0 saturated heterocycles. The molecule has 4 nitrogen and oxygen atoms in total. The van der Waals surface area contributed by atoms with E-state index in [1.807, 2.05) is 45.0 Å². The molecular weight excluding hydrogens is 355 g/mol. The Hall–Kier alpha value is -2.82. The monoisotopic (exact) mass is 382 g/mol. The second-order valence-electron chi connectivity index (χ2n) is 7.02. The largest absolute Gasteiger partial charge is 0.494 e. The number of aromatic nitrogens is 1. The maximum atomic E-state index is 14.0. The van der Waals surface area contributed by atoms with E-state index in [4.69, 9.17) is 4.74 Å². The summed E-state index contributed by atoms with van der Waals surface area (Å²) in [5, 5.41) is 3.91. The molecule has 0 aliphatic heterocycles. The average Bonchev–Trinajstić information content (AvgIpc) is 3.01. The van der Waals surface area contributed by atoms with Crippen LogP contribution in [0.2, 0.25) is 0 Å². The van der Waals surface area contributed by atoms with Crippen molar-refractivity contribution in [2.75, 3.05) is 13.2 Å². The minimum absolute atomic E-state index is 0.0159. The fourth-order valence-corrected chi connectivity index (χ4v) is 3.59. The standard InChI is InChI=1S/C23H27FN2O2/c1-4-28-18-7-5-6-17(14-18)9-11-21(27)25-13-12-19-16(3)26-23-20(24)10-8-15(2)22(19)23/h5-8,10,14,26H,4,9,11-13H2,1-3H3,(H,25,27). The zero-order valence-electron chi connectivity index (χ0n) is 16.7. The number of hydrogen-bond donors (Lipinski definition) is 2. The SMILES string of the molecule is CCOc1cccc(CCC(=O)NCCc2c(C)[nH]c3c(F)ccc(C)c23)c1. The van der Waals surface area contributed by atoms with Crippen LogP contribution in [0.3, 0.4) is 0 Å². The molecule has 0 aliphatic rings. The van der Waals surface area contributed by atoms with Crippen molar-refractivity contribution in [3.05, 3.63) is 64.6 Å². The third kappa shape index (κ3) is 4.53. The van der Waals surface area contributed by atoms with E-state index in [1.165, 1.54) is 6.07 Å². The van der Waals surface area contributed by atoms with E-state index in [2.05, 4.69) is 10.3 Å². The fourth-order valence-electron chi connectivity index (χ4n) is 3.59. The first-order valence-electron chi connectivity index (χ1n) is 9.74. The lowest BCUT2D eigenvalue weighted by Gasteiger charge is -2.08. The molecule has 2 aromatic carbocycles. The van der Waals surface area contributed by atoms with Crippen LogP contribution in [0.5, 0.6) is 5.75 Å². The molecule has 0 bridgehead atoms. The van der Waals surface area contributed by atoms with E-state index in [-0.39, 0.29) is 11.7 Å². The number of rotatable bonds is 8. The number of halogens is 1. The number of ether oxygens (including phenoxy) is 1. The predicted octanol–water partition coefficient (Wildman–Crippen LogP) is 4.61. The summed E-state index contributed by atoms with van der Waals surface area (Å²) in [6.07, 6.45) is 1.76. The van der Waals surface area contributed by atoms with Crippen LogP contribution >= 0.6 is 0 Å². The van der Waals surface area contributed by atoms with Gasteiger partial charge in [0.05, 0.1) is 12.1 Å². The quantitative estimate of drug-likeness (QED) is 0.598. The van der Waals surface area contributed by atoms with Gasteiger partial charge in [0.2, 0.25) is 5.91 Å². The van der Waals surface area contributed by atoms with Crippen molar-refractivity contribution in [3.8, 4) is 5.75 Å². The van der Waals surface area contributed by atoms with Crippen LogP contribution in [0.15, 0.2) is 36.4 Å². The smallest absolute Gasteiger partial charge is 0.220 e. The molecule has 28 heavy (non-hydrogen) atoms. The first-order chi connectivity index (χ1) is 13.5. The molecule has 2 N–H and O–H groups in total. The van der Waals surface area contributed by atoms with Crippen LogP contribution in [-0.2, 0) is 17.6 Å². The van der Waals surface area contributed by atoms with Crippen molar-refractivity contribution in [1.29, 1.82) is 0 Å². The van der Waals surface area contributed by atoms with E-state index in [9.17, 15) is 9.18 Å². The molecule has 5 heteroatoms. The highest BCUT2D eigenvalue weighted by molar-refractivity contribution is 5.88. The van der Waals surface area contributed by atoms with Gasteiger partial charge >= 0.3 is 0 Å². The normalized spacial score (nSPS) is 11.0. The van der Waals surface area contributed by atoms with Gasteiger partial charge in [-0.2, -0.15) is 0 Å². The molecule has 148 valence electrons. The van der Waals surface area contributed by atoms with Crippen LogP contribution in [0.4, 0.5) is 4.39 Å². The number of amides is 1. The van der Waals surface area contributed by atoms with Gasteiger partial charge in [-0.3, -0.25) is 4.79 Å². The molecule has 0 unspecified atom stereocenters. The highest BCUT2D eigenvalue weighted by Crippen LogP contribution is 2.27. The molecule has 0 radical (unpaired) electrons. The van der Waals surface area contributed by atoms with Gasteiger partial charge in [-0.25, -0.2) is 4.39 Å². The molecule has 0 spiro atoms. The number of aromatic amines is 1. The third-order valence-corrected chi connectivity index (χ3v) is 4.98. The summed E-state index contributed by atoms with van der Waals surface area (Å²) in [7, 11) is 0. The lowest BCUT2D eigenvalue weighted by Crippen LogP contribution is -2.26. The van der Waals surface area contributed by atoms with Crippen LogP contribution in [0.1, 0.15) is 35.7 Å². The molecule has 1 amide bonds. The minimum atomic E-state index is -0.242. The Labute approximate surface area is 165 Å². The Morgan fingerprint density at radius 1 is 1.18 bits per heavy atom. The van der Waals surface area contributed by atoms with Crippen molar-refractivity contribution in [1.82, 2.24) is 10.3 Å². The van der Waals surface area contributed by atoms with Crippen molar-refractivity contribution in [2.24, 2.45) is 0 Å². The van der Waals surface area contributed by atoms with Crippen molar-refractivity contribution in [2.45, 2.75) is 40.0 Å². The molecule has 0 saturated carbocycles. The lowest BCUT2D eigenvalue weighted by molar-refractivity contribution is -0.121. The molecule has 3 rings (SSSR count). The maximum absolute atomic E-state index is 14.0. The number of hydrogen-bond acceptors (Lipinski definition) is 2. The Morgan fingerprint density at radius 2 is 2.00 bits per heavy atom. The summed E-state index contributed by atoms with van der Waals surface area (Å²) in [4.78, 5) is 15.4. The number of carbonyl (C=O) groups excluding carboxylic acids is 1. The average molecular weight is 382 g/mol. The van der Waals surface area contributed by atoms with Crippen LogP contribution in [-0.4, -0.2) is 24.0 Å². The van der Waals surface area contributed by atoms with E-state index in [0.29, 0.717) is 37.9 Å². The molecule has 1 aromatic heterocycles. The second-order valence-corrected chi connectivity index (χ2v) is 7.02. The van der Waals surface area contributed by atoms with Crippen molar-refractivity contribution >= 4 is 16.8 Å². The first-order valence-corrected chi connectivity index (χ1v) is 9.74. The second kappa shape index (κ2) is 8.91. The summed E-state index contributed by atoms with van der Waals surface area (Å²) in [6, 6.07) is 11.1. The van der Waals surface area contributed by atoms with E-state index >= 15 is 0 Å². The van der Waals surface area contributed by atoms with Crippen molar-refractivity contribution < 1.29 is 13.9 Å². The van der Waals surface area contributed by atoms with E-state index in [1.54, 1.807) is 6.07 Å². The van der Waals surface area contributed by atoms with Gasteiger partial charge in [0.15, 0.2) is 0 Å². The highest BCUT2D eigenvalue weighted by Gasteiger charge is 2.14. The summed E-state index contributed by atoms with van der Waals surface area (Å²) in [5.74, 6) is 0.605. The van der Waals surface area contributed by atoms with Gasteiger partial charge in [0, 0.05) is 24.0 Å². The molecular formula is C23H27FN2O2. The van der Waals surface area contributed by atoms with Gasteiger partial charge in [-0.05, 0) is 68.5 Å². The molecule has 3 aromatic rings. The molecule has 1 heterocycles. The van der Waals surface area contributed by atoms with Crippen molar-refractivity contribution in [3.63, 3.8) is 0 Å². The number of benzene rings is 2. The van der Waals surface area contributed by atoms with Gasteiger partial charge in [0.25, 0.3) is 0 Å². The van der Waals surface area contributed by atoms with Gasteiger partial charge in [-0.15, -0.1) is 0 Å². The maximum Gasteiger partial charge on any atom is 0.220 e. The minimum Gasteiger partial charge on any atom is -0.494 e. The van der Waals surface area contributed by atoms with Gasteiger partial charge in [0.1, 0.15) is 11.6 Å². The first kappa shape index (κ1) is 19.9. The summed E-state index contributed by atoms with van der Waals surface area (Å²) >= 11 is 0. The Bertz CT molecular complexity index is 978. The van der Waals surface area contributed by atoms with Gasteiger partial charge < -0.3 is 15.0 Å². The number of nitrogens with one attached hydrogen (secondary N) is 2. The van der Waals surface area contributed by atoms with E-state index in [0.717, 1.165) is 33.5 Å². The topological polar surface area (TPSA) is 54.1 Å². The molecule has 0 aliphatic carbocycles. The zero-order valence-corrected chi connectivity index (χ0v) is 16.7. The number of fused-ring (bicyclic) bond motifs is 1. The highest BCUT2D eigenvalue weighted by atomic mass is 19.1. The number of carbonyl (C=O) groups is 1. The van der Waals surface area contributed by atoms with E-state index < -0.39 is 0 Å². The predicted molar refractivity (Wildman–Crippen MR) is 110 cm³/mol. The molecule has 0 fully saturated rings. The summed E-state index contributed by atoms with van der Waals surface area (Å²) in [5.41, 5.74) is 4.69. The van der Waals surface area contributed by atoms with Gasteiger partial charge in [-0.1, -0.05) is 18.2 Å². The Morgan fingerprint density at radius 3 is 2.79 bits per heavy atom. The zero-order chi connectivity index (χ0) is 20.1. The Kier molecular flexibility index (Phi) is 6.34. The number of H-pyrrole nitrogens is 1. The van der Waals surface area contributed by atoms with Crippen LogP contribution < -0.4 is 10.1 Å². The Balaban J connectivity index is 1.55. The lowest BCUT2D eigenvalue weighted by atomic mass is 10.0. The summed E-state index contributed by atoms with van der Waals surface area (Å²) < 4.78 is 19.5. The fraction of sp³-hybridized carbons (Fsp3) is 0.348.